The van der Waals surface area contributed by atoms with Gasteiger partial charge in [-0.3, -0.25) is 4.79 Å². The number of fused-ring (bicyclic) bond motifs is 1. The number of furan rings is 1. The molecule has 3 aromatic rings. The van der Waals surface area contributed by atoms with Crippen molar-refractivity contribution in [2.45, 2.75) is 19.3 Å². The lowest BCUT2D eigenvalue weighted by Crippen LogP contribution is -2.28. The third kappa shape index (κ3) is 3.66. The lowest BCUT2D eigenvalue weighted by Gasteiger charge is -2.16. The molecule has 0 aliphatic heterocycles. The number of rotatable bonds is 6. The maximum Gasteiger partial charge on any atom is 0.287 e. The zero-order chi connectivity index (χ0) is 16.9. The molecule has 0 radical (unpaired) electrons. The first-order valence-electron chi connectivity index (χ1n) is 8.11. The van der Waals surface area contributed by atoms with Crippen LogP contribution in [-0.4, -0.2) is 24.2 Å². The molecule has 2 aromatic carbocycles. The van der Waals surface area contributed by atoms with Crippen molar-refractivity contribution in [2.75, 3.05) is 13.2 Å². The number of aliphatic hydroxyl groups is 1. The SMILES string of the molecule is Cc1ccc2oc(C(=O)NCC(CCO)c3ccccc3)cc2c1. The molecule has 0 fully saturated rings. The van der Waals surface area contributed by atoms with Crippen LogP contribution in [-0.2, 0) is 0 Å². The Hall–Kier alpha value is -2.59. The summed E-state index contributed by atoms with van der Waals surface area (Å²) >= 11 is 0. The minimum atomic E-state index is -0.234. The minimum absolute atomic E-state index is 0.0757. The van der Waals surface area contributed by atoms with Gasteiger partial charge in [0.2, 0.25) is 0 Å². The Morgan fingerprint density at radius 3 is 2.71 bits per heavy atom. The van der Waals surface area contributed by atoms with Crippen molar-refractivity contribution < 1.29 is 14.3 Å². The van der Waals surface area contributed by atoms with Crippen LogP contribution in [0.15, 0.2) is 59.0 Å². The van der Waals surface area contributed by atoms with Crippen LogP contribution in [0.2, 0.25) is 0 Å². The topological polar surface area (TPSA) is 62.5 Å². The van der Waals surface area contributed by atoms with Gasteiger partial charge in [0.25, 0.3) is 5.91 Å². The van der Waals surface area contributed by atoms with Gasteiger partial charge in [-0.05, 0) is 37.1 Å². The summed E-state index contributed by atoms with van der Waals surface area (Å²) in [6.45, 7) is 2.55. The molecule has 2 N–H and O–H groups in total. The highest BCUT2D eigenvalue weighted by molar-refractivity contribution is 5.96. The predicted octanol–water partition coefficient (Wildman–Crippen LogP) is 3.64. The van der Waals surface area contributed by atoms with E-state index in [9.17, 15) is 9.90 Å². The molecule has 0 saturated carbocycles. The van der Waals surface area contributed by atoms with Crippen molar-refractivity contribution in [3.05, 3.63) is 71.5 Å². The number of amides is 1. The van der Waals surface area contributed by atoms with Crippen LogP contribution in [0, 0.1) is 6.92 Å². The molecular formula is C20H21NO3. The van der Waals surface area contributed by atoms with Crippen molar-refractivity contribution in [3.63, 3.8) is 0 Å². The Kier molecular flexibility index (Phi) is 4.96. The second kappa shape index (κ2) is 7.32. The number of carbonyl (C=O) groups is 1. The van der Waals surface area contributed by atoms with E-state index in [-0.39, 0.29) is 18.4 Å². The van der Waals surface area contributed by atoms with Gasteiger partial charge >= 0.3 is 0 Å². The van der Waals surface area contributed by atoms with Gasteiger partial charge in [-0.1, -0.05) is 42.0 Å². The molecule has 0 saturated heterocycles. The fourth-order valence-corrected chi connectivity index (χ4v) is 2.85. The summed E-state index contributed by atoms with van der Waals surface area (Å²) in [5, 5.41) is 13.1. The smallest absolute Gasteiger partial charge is 0.287 e. The molecule has 0 bridgehead atoms. The summed E-state index contributed by atoms with van der Waals surface area (Å²) in [5.74, 6) is 0.154. The minimum Gasteiger partial charge on any atom is -0.451 e. The normalized spacial score (nSPS) is 12.2. The summed E-state index contributed by atoms with van der Waals surface area (Å²) < 4.78 is 5.62. The molecule has 0 spiro atoms. The summed E-state index contributed by atoms with van der Waals surface area (Å²) in [7, 11) is 0. The van der Waals surface area contributed by atoms with Crippen LogP contribution in [0.4, 0.5) is 0 Å². The third-order valence-electron chi connectivity index (χ3n) is 4.15. The summed E-state index contributed by atoms with van der Waals surface area (Å²) in [6, 6.07) is 17.5. The highest BCUT2D eigenvalue weighted by Crippen LogP contribution is 2.21. The Morgan fingerprint density at radius 1 is 1.17 bits per heavy atom. The molecule has 1 heterocycles. The van der Waals surface area contributed by atoms with Gasteiger partial charge in [0.1, 0.15) is 5.58 Å². The van der Waals surface area contributed by atoms with Crippen LogP contribution in [0.25, 0.3) is 11.0 Å². The Bertz CT molecular complexity index is 823. The number of carbonyl (C=O) groups excluding carboxylic acids is 1. The van der Waals surface area contributed by atoms with E-state index in [2.05, 4.69) is 5.32 Å². The first kappa shape index (κ1) is 16.3. The maximum absolute atomic E-state index is 12.4. The van der Waals surface area contributed by atoms with Crippen LogP contribution >= 0.6 is 0 Å². The number of aliphatic hydroxyl groups excluding tert-OH is 1. The molecular weight excluding hydrogens is 302 g/mol. The average Bonchev–Trinajstić information content (AvgIpc) is 3.02. The summed E-state index contributed by atoms with van der Waals surface area (Å²) in [4.78, 5) is 12.4. The quantitative estimate of drug-likeness (QED) is 0.728. The van der Waals surface area contributed by atoms with Crippen molar-refractivity contribution in [2.24, 2.45) is 0 Å². The molecule has 4 heteroatoms. The second-order valence-corrected chi connectivity index (χ2v) is 5.98. The van der Waals surface area contributed by atoms with Gasteiger partial charge < -0.3 is 14.8 Å². The number of nitrogens with one attached hydrogen (secondary N) is 1. The van der Waals surface area contributed by atoms with Crippen molar-refractivity contribution in [1.82, 2.24) is 5.32 Å². The number of hydrogen-bond acceptors (Lipinski definition) is 3. The van der Waals surface area contributed by atoms with Gasteiger partial charge in [-0.2, -0.15) is 0 Å². The van der Waals surface area contributed by atoms with Crippen LogP contribution in [0.1, 0.15) is 34.0 Å². The Labute approximate surface area is 141 Å². The van der Waals surface area contributed by atoms with Crippen LogP contribution < -0.4 is 5.32 Å². The largest absolute Gasteiger partial charge is 0.451 e. The first-order valence-corrected chi connectivity index (χ1v) is 8.11. The standard InChI is InChI=1S/C20H21NO3/c1-14-7-8-18-17(11-14)12-19(24-18)20(23)21-13-16(9-10-22)15-5-3-2-4-6-15/h2-8,11-12,16,22H,9-10,13H2,1H3,(H,21,23). The molecule has 124 valence electrons. The van der Waals surface area contributed by atoms with E-state index in [4.69, 9.17) is 4.42 Å². The number of hydrogen-bond donors (Lipinski definition) is 2. The molecule has 24 heavy (non-hydrogen) atoms. The number of aryl methyl sites for hydroxylation is 1. The number of benzene rings is 2. The van der Waals surface area contributed by atoms with E-state index in [1.807, 2.05) is 55.5 Å². The van der Waals surface area contributed by atoms with Gasteiger partial charge in [0, 0.05) is 24.5 Å². The predicted molar refractivity (Wildman–Crippen MR) is 94.2 cm³/mol. The molecule has 1 amide bonds. The van der Waals surface area contributed by atoms with E-state index < -0.39 is 0 Å². The van der Waals surface area contributed by atoms with Gasteiger partial charge in [0.15, 0.2) is 5.76 Å². The third-order valence-corrected chi connectivity index (χ3v) is 4.15. The zero-order valence-corrected chi connectivity index (χ0v) is 13.7. The summed E-state index contributed by atoms with van der Waals surface area (Å²) in [6.07, 6.45) is 0.601. The maximum atomic E-state index is 12.4. The first-order chi connectivity index (χ1) is 11.7. The molecule has 4 nitrogen and oxygen atoms in total. The molecule has 1 atom stereocenters. The van der Waals surface area contributed by atoms with Gasteiger partial charge in [-0.25, -0.2) is 0 Å². The molecule has 0 aliphatic rings. The van der Waals surface area contributed by atoms with E-state index in [1.165, 1.54) is 0 Å². The highest BCUT2D eigenvalue weighted by Gasteiger charge is 2.16. The summed E-state index contributed by atoms with van der Waals surface area (Å²) in [5.41, 5.74) is 2.94. The molecule has 3 rings (SSSR count). The highest BCUT2D eigenvalue weighted by atomic mass is 16.3. The molecule has 1 aromatic heterocycles. The Balaban J connectivity index is 1.70. The van der Waals surface area contributed by atoms with E-state index >= 15 is 0 Å². The Morgan fingerprint density at radius 2 is 1.96 bits per heavy atom. The lowest BCUT2D eigenvalue weighted by molar-refractivity contribution is 0.0924. The molecule has 1 unspecified atom stereocenters. The molecule has 0 aliphatic carbocycles. The van der Waals surface area contributed by atoms with Crippen molar-refractivity contribution in [1.29, 1.82) is 0 Å². The van der Waals surface area contributed by atoms with Crippen LogP contribution in [0.5, 0.6) is 0 Å². The van der Waals surface area contributed by atoms with Crippen LogP contribution in [0.3, 0.4) is 0 Å². The van der Waals surface area contributed by atoms with E-state index in [0.29, 0.717) is 24.3 Å². The van der Waals surface area contributed by atoms with Gasteiger partial charge in [0.05, 0.1) is 0 Å². The fourth-order valence-electron chi connectivity index (χ4n) is 2.85. The average molecular weight is 323 g/mol. The van der Waals surface area contributed by atoms with Gasteiger partial charge in [-0.15, -0.1) is 0 Å². The lowest BCUT2D eigenvalue weighted by atomic mass is 9.96. The zero-order valence-electron chi connectivity index (χ0n) is 13.7. The van der Waals surface area contributed by atoms with Crippen molar-refractivity contribution in [3.8, 4) is 0 Å². The van der Waals surface area contributed by atoms with Crippen molar-refractivity contribution >= 4 is 16.9 Å². The monoisotopic (exact) mass is 323 g/mol. The van der Waals surface area contributed by atoms with E-state index in [0.717, 1.165) is 16.5 Å². The second-order valence-electron chi connectivity index (χ2n) is 5.98. The fraction of sp³-hybridized carbons (Fsp3) is 0.250. The van der Waals surface area contributed by atoms with E-state index in [1.54, 1.807) is 6.07 Å².